The molecule has 19 heavy (non-hydrogen) atoms. The molecule has 0 aliphatic heterocycles. The molecular formula is C16H36N2O. The lowest BCUT2D eigenvalue weighted by atomic mass is 9.97. The number of amides is 1. The molecule has 0 aliphatic rings. The lowest BCUT2D eigenvalue weighted by molar-refractivity contribution is -0.133. The number of hydrogen-bond donors (Lipinski definition) is 0. The van der Waals surface area contributed by atoms with Crippen molar-refractivity contribution in [2.24, 2.45) is 17.8 Å². The van der Waals surface area contributed by atoms with Crippen molar-refractivity contribution in [1.29, 1.82) is 0 Å². The molecule has 3 nitrogen and oxygen atoms in total. The molecular weight excluding hydrogens is 236 g/mol. The standard InChI is InChI=1S/C8H17NO.C8H19N/c1-6(2)7(3)8(10)9(4)5;1-8(2)6-5-7-9(3)4/h6-7H,1-5H3;8H,5-7H2,1-4H3. The summed E-state index contributed by atoms with van der Waals surface area (Å²) >= 11 is 0. The van der Waals surface area contributed by atoms with Gasteiger partial charge in [0.15, 0.2) is 0 Å². The summed E-state index contributed by atoms with van der Waals surface area (Å²) < 4.78 is 0. The molecule has 1 amide bonds. The zero-order chi connectivity index (χ0) is 15.6. The van der Waals surface area contributed by atoms with Gasteiger partial charge in [0, 0.05) is 20.0 Å². The summed E-state index contributed by atoms with van der Waals surface area (Å²) in [5, 5.41) is 0. The van der Waals surface area contributed by atoms with Gasteiger partial charge in [-0.25, -0.2) is 0 Å². The highest BCUT2D eigenvalue weighted by Gasteiger charge is 2.17. The van der Waals surface area contributed by atoms with Gasteiger partial charge >= 0.3 is 0 Å². The third-order valence-corrected chi connectivity index (χ3v) is 3.22. The minimum Gasteiger partial charge on any atom is -0.349 e. The van der Waals surface area contributed by atoms with E-state index in [1.54, 1.807) is 19.0 Å². The molecule has 0 aromatic carbocycles. The maximum Gasteiger partial charge on any atom is 0.225 e. The van der Waals surface area contributed by atoms with E-state index < -0.39 is 0 Å². The van der Waals surface area contributed by atoms with Gasteiger partial charge in [-0.3, -0.25) is 4.79 Å². The first-order chi connectivity index (χ1) is 8.59. The van der Waals surface area contributed by atoms with Crippen molar-refractivity contribution in [3.63, 3.8) is 0 Å². The summed E-state index contributed by atoms with van der Waals surface area (Å²) in [5.74, 6) is 1.67. The van der Waals surface area contributed by atoms with Crippen LogP contribution in [0.15, 0.2) is 0 Å². The Morgan fingerprint density at radius 3 is 1.63 bits per heavy atom. The molecule has 1 atom stereocenters. The SMILES string of the molecule is CC(C)C(C)C(=O)N(C)C.CC(C)CCCN(C)C. The number of carbonyl (C=O) groups is 1. The van der Waals surface area contributed by atoms with E-state index in [2.05, 4.69) is 46.7 Å². The van der Waals surface area contributed by atoms with Crippen LogP contribution in [0.3, 0.4) is 0 Å². The van der Waals surface area contributed by atoms with Gasteiger partial charge in [0.05, 0.1) is 0 Å². The van der Waals surface area contributed by atoms with Gasteiger partial charge in [-0.2, -0.15) is 0 Å². The molecule has 3 heteroatoms. The van der Waals surface area contributed by atoms with Crippen molar-refractivity contribution in [3.05, 3.63) is 0 Å². The van der Waals surface area contributed by atoms with E-state index in [4.69, 9.17) is 0 Å². The zero-order valence-corrected chi connectivity index (χ0v) is 14.7. The molecule has 0 aliphatic carbocycles. The molecule has 0 bridgehead atoms. The normalized spacial score (nSPS) is 12.4. The minimum atomic E-state index is 0.148. The van der Waals surface area contributed by atoms with Crippen LogP contribution in [0.1, 0.15) is 47.5 Å². The maximum absolute atomic E-state index is 11.2. The van der Waals surface area contributed by atoms with Gasteiger partial charge in [0.2, 0.25) is 5.91 Å². The molecule has 0 fully saturated rings. The molecule has 0 saturated heterocycles. The highest BCUT2D eigenvalue weighted by atomic mass is 16.2. The summed E-state index contributed by atoms with van der Waals surface area (Å²) in [6.07, 6.45) is 2.70. The second-order valence-corrected chi connectivity index (χ2v) is 6.60. The molecule has 0 spiro atoms. The zero-order valence-electron chi connectivity index (χ0n) is 14.7. The summed E-state index contributed by atoms with van der Waals surface area (Å²) in [7, 11) is 7.84. The van der Waals surface area contributed by atoms with E-state index in [0.717, 1.165) is 5.92 Å². The Balaban J connectivity index is 0. The largest absolute Gasteiger partial charge is 0.349 e. The predicted octanol–water partition coefficient (Wildman–Crippen LogP) is 3.35. The third-order valence-electron chi connectivity index (χ3n) is 3.22. The van der Waals surface area contributed by atoms with Crippen LogP contribution in [0.5, 0.6) is 0 Å². The van der Waals surface area contributed by atoms with Gasteiger partial charge in [0.1, 0.15) is 0 Å². The van der Waals surface area contributed by atoms with Crippen LogP contribution >= 0.6 is 0 Å². The smallest absolute Gasteiger partial charge is 0.225 e. The maximum atomic E-state index is 11.2. The topological polar surface area (TPSA) is 23.6 Å². The Morgan fingerprint density at radius 1 is 0.947 bits per heavy atom. The molecule has 116 valence electrons. The minimum absolute atomic E-state index is 0.148. The van der Waals surface area contributed by atoms with Crippen LogP contribution in [0, 0.1) is 17.8 Å². The Bertz CT molecular complexity index is 215. The van der Waals surface area contributed by atoms with Gasteiger partial charge in [-0.15, -0.1) is 0 Å². The first-order valence-electron chi connectivity index (χ1n) is 7.45. The van der Waals surface area contributed by atoms with Gasteiger partial charge < -0.3 is 9.80 Å². The number of carbonyl (C=O) groups excluding carboxylic acids is 1. The van der Waals surface area contributed by atoms with Gasteiger partial charge in [-0.05, 0) is 45.3 Å². The fourth-order valence-electron chi connectivity index (χ4n) is 1.51. The lowest BCUT2D eigenvalue weighted by Crippen LogP contribution is -2.30. The highest BCUT2D eigenvalue weighted by Crippen LogP contribution is 2.11. The molecule has 0 N–H and O–H groups in total. The van der Waals surface area contributed by atoms with Crippen LogP contribution in [0.25, 0.3) is 0 Å². The molecule has 0 saturated carbocycles. The third kappa shape index (κ3) is 13.7. The van der Waals surface area contributed by atoms with Gasteiger partial charge in [-0.1, -0.05) is 34.6 Å². The van der Waals surface area contributed by atoms with Crippen molar-refractivity contribution in [2.45, 2.75) is 47.5 Å². The van der Waals surface area contributed by atoms with Crippen molar-refractivity contribution < 1.29 is 4.79 Å². The summed E-state index contributed by atoms with van der Waals surface area (Å²) in [6, 6.07) is 0. The van der Waals surface area contributed by atoms with Crippen LogP contribution in [0.2, 0.25) is 0 Å². The molecule has 0 aromatic rings. The fraction of sp³-hybridized carbons (Fsp3) is 0.938. The number of rotatable bonds is 6. The fourth-order valence-corrected chi connectivity index (χ4v) is 1.51. The van der Waals surface area contributed by atoms with Crippen LogP contribution in [-0.4, -0.2) is 50.4 Å². The average molecular weight is 272 g/mol. The predicted molar refractivity (Wildman–Crippen MR) is 85.3 cm³/mol. The first-order valence-corrected chi connectivity index (χ1v) is 7.45. The second kappa shape index (κ2) is 11.3. The Kier molecular flexibility index (Phi) is 12.3. The first kappa shape index (κ1) is 20.7. The molecule has 0 aromatic heterocycles. The Labute approximate surface area is 121 Å². The van der Waals surface area contributed by atoms with Crippen LogP contribution in [-0.2, 0) is 4.79 Å². The van der Waals surface area contributed by atoms with E-state index in [1.807, 2.05) is 6.92 Å². The summed E-state index contributed by atoms with van der Waals surface area (Å²) in [4.78, 5) is 15.1. The van der Waals surface area contributed by atoms with Crippen LogP contribution < -0.4 is 0 Å². The molecule has 0 radical (unpaired) electrons. The van der Waals surface area contributed by atoms with Crippen molar-refractivity contribution in [3.8, 4) is 0 Å². The molecule has 0 rings (SSSR count). The van der Waals surface area contributed by atoms with Crippen molar-refractivity contribution in [1.82, 2.24) is 9.80 Å². The highest BCUT2D eigenvalue weighted by molar-refractivity contribution is 5.78. The molecule has 0 heterocycles. The second-order valence-electron chi connectivity index (χ2n) is 6.60. The van der Waals surface area contributed by atoms with E-state index in [9.17, 15) is 4.79 Å². The summed E-state index contributed by atoms with van der Waals surface area (Å²) in [6.45, 7) is 11.9. The van der Waals surface area contributed by atoms with E-state index in [0.29, 0.717) is 5.92 Å². The number of nitrogens with zero attached hydrogens (tertiary/aromatic N) is 2. The van der Waals surface area contributed by atoms with Crippen molar-refractivity contribution >= 4 is 5.91 Å². The Hall–Kier alpha value is -0.570. The van der Waals surface area contributed by atoms with E-state index in [-0.39, 0.29) is 11.8 Å². The Morgan fingerprint density at radius 2 is 1.42 bits per heavy atom. The van der Waals surface area contributed by atoms with E-state index in [1.165, 1.54) is 19.4 Å². The van der Waals surface area contributed by atoms with Gasteiger partial charge in [0.25, 0.3) is 0 Å². The van der Waals surface area contributed by atoms with E-state index >= 15 is 0 Å². The van der Waals surface area contributed by atoms with Crippen molar-refractivity contribution in [2.75, 3.05) is 34.7 Å². The van der Waals surface area contributed by atoms with Crippen LogP contribution in [0.4, 0.5) is 0 Å². The molecule has 1 unspecified atom stereocenters. The summed E-state index contributed by atoms with van der Waals surface area (Å²) in [5.41, 5.74) is 0. The quantitative estimate of drug-likeness (QED) is 0.740. The average Bonchev–Trinajstić information content (AvgIpc) is 2.26. The monoisotopic (exact) mass is 272 g/mol. The number of hydrogen-bond acceptors (Lipinski definition) is 2. The lowest BCUT2D eigenvalue weighted by Gasteiger charge is -2.19.